The Balaban J connectivity index is 1.46. The minimum absolute atomic E-state index is 0.0480. The quantitative estimate of drug-likeness (QED) is 0.822. The average Bonchev–Trinajstić information content (AvgIpc) is 3.04. The molecular weight excluding hydrogens is 240 g/mol. The lowest BCUT2D eigenvalue weighted by atomic mass is 9.85. The minimum Gasteiger partial charge on any atom is -0.394 e. The molecule has 19 heavy (non-hydrogen) atoms. The largest absolute Gasteiger partial charge is 0.394 e. The molecular formula is C15H26N2O2. The van der Waals surface area contributed by atoms with Crippen LogP contribution in [-0.4, -0.2) is 41.3 Å². The highest BCUT2D eigenvalue weighted by Gasteiger charge is 2.44. The first-order valence-electron chi connectivity index (χ1n) is 7.97. The lowest BCUT2D eigenvalue weighted by molar-refractivity contribution is 0.156. The first-order valence-corrected chi connectivity index (χ1v) is 7.97. The highest BCUT2D eigenvalue weighted by Crippen LogP contribution is 2.44. The molecule has 0 spiro atoms. The summed E-state index contributed by atoms with van der Waals surface area (Å²) < 4.78 is 0. The van der Waals surface area contributed by atoms with E-state index in [1.807, 2.05) is 4.90 Å². The van der Waals surface area contributed by atoms with E-state index in [-0.39, 0.29) is 18.7 Å². The standard InChI is InChI=1S/C15H26N2O2/c18-10-12-7-4-8-17(12)15(19)16-14-9-13(14)11-5-2-1-3-6-11/h11-14,18H,1-10H2,(H,16,19)/t12-,13?,14?/m1/s1. The summed E-state index contributed by atoms with van der Waals surface area (Å²) in [6.07, 6.45) is 10.0. The number of carbonyl (C=O) groups is 1. The predicted octanol–water partition coefficient (Wildman–Crippen LogP) is 2.12. The summed E-state index contributed by atoms with van der Waals surface area (Å²) in [5.41, 5.74) is 0. The average molecular weight is 266 g/mol. The lowest BCUT2D eigenvalue weighted by Gasteiger charge is -2.25. The van der Waals surface area contributed by atoms with Crippen LogP contribution in [0, 0.1) is 11.8 Å². The number of aliphatic hydroxyl groups is 1. The summed E-state index contributed by atoms with van der Waals surface area (Å²) in [5, 5.41) is 12.5. The Hall–Kier alpha value is -0.770. The Bertz CT molecular complexity index is 328. The Morgan fingerprint density at radius 3 is 2.68 bits per heavy atom. The maximum atomic E-state index is 12.2. The number of likely N-dealkylation sites (tertiary alicyclic amines) is 1. The summed E-state index contributed by atoms with van der Waals surface area (Å²) in [7, 11) is 0. The van der Waals surface area contributed by atoms with Crippen molar-refractivity contribution in [3.8, 4) is 0 Å². The zero-order valence-corrected chi connectivity index (χ0v) is 11.7. The second kappa shape index (κ2) is 5.70. The number of hydrogen-bond donors (Lipinski definition) is 2. The van der Waals surface area contributed by atoms with Crippen LogP contribution in [0.4, 0.5) is 4.79 Å². The second-order valence-electron chi connectivity index (χ2n) is 6.53. The fourth-order valence-corrected chi connectivity index (χ4v) is 4.00. The third-order valence-corrected chi connectivity index (χ3v) is 5.25. The van der Waals surface area contributed by atoms with Crippen molar-refractivity contribution in [2.75, 3.05) is 13.2 Å². The zero-order valence-electron chi connectivity index (χ0n) is 11.7. The molecule has 2 N–H and O–H groups in total. The van der Waals surface area contributed by atoms with E-state index in [9.17, 15) is 9.90 Å². The fourth-order valence-electron chi connectivity index (χ4n) is 4.00. The van der Waals surface area contributed by atoms with E-state index >= 15 is 0 Å². The lowest BCUT2D eigenvalue weighted by Crippen LogP contribution is -2.45. The summed E-state index contributed by atoms with van der Waals surface area (Å²) in [4.78, 5) is 14.0. The molecule has 0 aromatic rings. The number of aliphatic hydroxyl groups excluding tert-OH is 1. The molecule has 2 saturated carbocycles. The van der Waals surface area contributed by atoms with E-state index in [2.05, 4.69) is 5.32 Å². The number of urea groups is 1. The summed E-state index contributed by atoms with van der Waals surface area (Å²) in [6, 6.07) is 0.516. The van der Waals surface area contributed by atoms with Crippen molar-refractivity contribution in [2.45, 2.75) is 63.5 Å². The van der Waals surface area contributed by atoms with Gasteiger partial charge < -0.3 is 15.3 Å². The molecule has 0 radical (unpaired) electrons. The normalized spacial score (nSPS) is 35.4. The van der Waals surface area contributed by atoms with Crippen LogP contribution in [0.3, 0.4) is 0 Å². The van der Waals surface area contributed by atoms with E-state index in [1.165, 1.54) is 38.5 Å². The van der Waals surface area contributed by atoms with Gasteiger partial charge in [0.2, 0.25) is 0 Å². The van der Waals surface area contributed by atoms with Crippen LogP contribution in [0.5, 0.6) is 0 Å². The topological polar surface area (TPSA) is 52.6 Å². The molecule has 3 aliphatic rings. The van der Waals surface area contributed by atoms with Gasteiger partial charge in [0.05, 0.1) is 12.6 Å². The van der Waals surface area contributed by atoms with Crippen LogP contribution < -0.4 is 5.32 Å². The predicted molar refractivity (Wildman–Crippen MR) is 73.8 cm³/mol. The number of hydrogen-bond acceptors (Lipinski definition) is 2. The molecule has 4 heteroatoms. The van der Waals surface area contributed by atoms with Crippen LogP contribution in [-0.2, 0) is 0 Å². The van der Waals surface area contributed by atoms with Gasteiger partial charge in [-0.05, 0) is 31.1 Å². The van der Waals surface area contributed by atoms with E-state index in [0.717, 1.165) is 31.2 Å². The molecule has 2 aliphatic carbocycles. The summed E-state index contributed by atoms with van der Waals surface area (Å²) >= 11 is 0. The van der Waals surface area contributed by atoms with Crippen molar-refractivity contribution in [1.29, 1.82) is 0 Å². The number of carbonyl (C=O) groups excluding carboxylic acids is 1. The minimum atomic E-state index is 0.0480. The first-order chi connectivity index (χ1) is 9.29. The molecule has 108 valence electrons. The van der Waals surface area contributed by atoms with E-state index in [1.54, 1.807) is 0 Å². The van der Waals surface area contributed by atoms with Crippen LogP contribution in [0.15, 0.2) is 0 Å². The molecule has 1 saturated heterocycles. The molecule has 3 atom stereocenters. The summed E-state index contributed by atoms with van der Waals surface area (Å²) in [6.45, 7) is 0.905. The number of nitrogens with zero attached hydrogens (tertiary/aromatic N) is 1. The highest BCUT2D eigenvalue weighted by atomic mass is 16.3. The Kier molecular flexibility index (Phi) is 3.96. The number of nitrogens with one attached hydrogen (secondary N) is 1. The van der Waals surface area contributed by atoms with Crippen LogP contribution in [0.1, 0.15) is 51.4 Å². The number of amides is 2. The maximum absolute atomic E-state index is 12.2. The van der Waals surface area contributed by atoms with Gasteiger partial charge in [-0.1, -0.05) is 32.1 Å². The van der Waals surface area contributed by atoms with Crippen molar-refractivity contribution in [1.82, 2.24) is 10.2 Å². The second-order valence-corrected chi connectivity index (χ2v) is 6.53. The molecule has 0 aromatic heterocycles. The van der Waals surface area contributed by atoms with Gasteiger partial charge in [-0.15, -0.1) is 0 Å². The van der Waals surface area contributed by atoms with Crippen LogP contribution in [0.2, 0.25) is 0 Å². The number of rotatable bonds is 3. The molecule has 3 fully saturated rings. The van der Waals surface area contributed by atoms with E-state index in [4.69, 9.17) is 0 Å². The van der Waals surface area contributed by atoms with Gasteiger partial charge in [0, 0.05) is 12.6 Å². The third-order valence-electron chi connectivity index (χ3n) is 5.25. The molecule has 0 bridgehead atoms. The molecule has 3 rings (SSSR count). The Morgan fingerprint density at radius 1 is 1.16 bits per heavy atom. The molecule has 4 nitrogen and oxygen atoms in total. The van der Waals surface area contributed by atoms with Gasteiger partial charge in [0.25, 0.3) is 0 Å². The summed E-state index contributed by atoms with van der Waals surface area (Å²) in [5.74, 6) is 1.59. The molecule has 1 aliphatic heterocycles. The van der Waals surface area contributed by atoms with Gasteiger partial charge >= 0.3 is 6.03 Å². The molecule has 2 amide bonds. The SMILES string of the molecule is O=C(NC1CC1C1CCCCC1)N1CCC[C@@H]1CO. The van der Waals surface area contributed by atoms with Crippen LogP contribution in [0.25, 0.3) is 0 Å². The van der Waals surface area contributed by atoms with Crippen molar-refractivity contribution < 1.29 is 9.90 Å². The van der Waals surface area contributed by atoms with Crippen LogP contribution >= 0.6 is 0 Å². The maximum Gasteiger partial charge on any atom is 0.317 e. The zero-order chi connectivity index (χ0) is 13.2. The van der Waals surface area contributed by atoms with E-state index in [0.29, 0.717) is 6.04 Å². The Morgan fingerprint density at radius 2 is 1.95 bits per heavy atom. The van der Waals surface area contributed by atoms with E-state index < -0.39 is 0 Å². The fraction of sp³-hybridized carbons (Fsp3) is 0.933. The molecule has 2 unspecified atom stereocenters. The molecule has 0 aromatic carbocycles. The van der Waals surface area contributed by atoms with Crippen molar-refractivity contribution >= 4 is 6.03 Å². The van der Waals surface area contributed by atoms with Crippen molar-refractivity contribution in [3.05, 3.63) is 0 Å². The third kappa shape index (κ3) is 2.88. The van der Waals surface area contributed by atoms with Gasteiger partial charge in [-0.25, -0.2) is 4.79 Å². The van der Waals surface area contributed by atoms with Gasteiger partial charge in [0.1, 0.15) is 0 Å². The van der Waals surface area contributed by atoms with Crippen molar-refractivity contribution in [3.63, 3.8) is 0 Å². The monoisotopic (exact) mass is 266 g/mol. The van der Waals surface area contributed by atoms with Gasteiger partial charge in [-0.3, -0.25) is 0 Å². The Labute approximate surface area is 115 Å². The van der Waals surface area contributed by atoms with Crippen molar-refractivity contribution in [2.24, 2.45) is 11.8 Å². The van der Waals surface area contributed by atoms with Gasteiger partial charge in [-0.2, -0.15) is 0 Å². The smallest absolute Gasteiger partial charge is 0.317 e. The first kappa shape index (κ1) is 13.2. The van der Waals surface area contributed by atoms with Gasteiger partial charge in [0.15, 0.2) is 0 Å². The molecule has 1 heterocycles. The highest BCUT2D eigenvalue weighted by molar-refractivity contribution is 5.75.